The summed E-state index contributed by atoms with van der Waals surface area (Å²) in [5, 5.41) is 3.66. The van der Waals surface area contributed by atoms with Gasteiger partial charge in [-0.1, -0.05) is 0 Å². The van der Waals surface area contributed by atoms with E-state index in [1.54, 1.807) is 7.11 Å². The second-order valence-electron chi connectivity index (χ2n) is 5.85. The molecule has 0 bridgehead atoms. The SMILES string of the molecule is COc1ccc(NC2CCOC3(CCOC3)C2)c(C)c1. The van der Waals surface area contributed by atoms with E-state index in [-0.39, 0.29) is 5.60 Å². The third kappa shape index (κ3) is 2.76. The molecule has 2 unspecified atom stereocenters. The molecule has 0 amide bonds. The molecule has 2 atom stereocenters. The van der Waals surface area contributed by atoms with Crippen LogP contribution in [0.25, 0.3) is 0 Å². The minimum atomic E-state index is -0.0453. The first-order valence-corrected chi connectivity index (χ1v) is 7.34. The summed E-state index contributed by atoms with van der Waals surface area (Å²) in [6, 6.07) is 6.62. The van der Waals surface area contributed by atoms with Gasteiger partial charge in [0.05, 0.1) is 19.3 Å². The standard InChI is InChI=1S/C16H23NO3/c1-12-9-14(18-2)3-4-15(12)17-13-5-7-20-16(10-13)6-8-19-11-16/h3-4,9,13,17H,5-8,10-11H2,1-2H3. The Bertz CT molecular complexity index is 469. The highest BCUT2D eigenvalue weighted by Gasteiger charge is 2.41. The number of rotatable bonds is 3. The molecule has 20 heavy (non-hydrogen) atoms. The number of nitrogens with one attached hydrogen (secondary N) is 1. The van der Waals surface area contributed by atoms with Crippen molar-refractivity contribution in [2.75, 3.05) is 32.2 Å². The number of ether oxygens (including phenoxy) is 3. The summed E-state index contributed by atoms with van der Waals surface area (Å²) in [6.07, 6.45) is 3.10. The van der Waals surface area contributed by atoms with E-state index in [4.69, 9.17) is 14.2 Å². The van der Waals surface area contributed by atoms with Gasteiger partial charge in [-0.2, -0.15) is 0 Å². The summed E-state index contributed by atoms with van der Waals surface area (Å²) < 4.78 is 16.7. The molecule has 4 heteroatoms. The van der Waals surface area contributed by atoms with E-state index in [0.717, 1.165) is 44.8 Å². The fourth-order valence-electron chi connectivity index (χ4n) is 3.16. The van der Waals surface area contributed by atoms with Crippen LogP contribution in [0.1, 0.15) is 24.8 Å². The van der Waals surface area contributed by atoms with E-state index >= 15 is 0 Å². The Labute approximate surface area is 120 Å². The van der Waals surface area contributed by atoms with Gasteiger partial charge in [0, 0.05) is 31.4 Å². The van der Waals surface area contributed by atoms with Crippen molar-refractivity contribution in [3.63, 3.8) is 0 Å². The number of aryl methyl sites for hydroxylation is 1. The highest BCUT2D eigenvalue weighted by Crippen LogP contribution is 2.34. The van der Waals surface area contributed by atoms with Gasteiger partial charge in [0.25, 0.3) is 0 Å². The maximum Gasteiger partial charge on any atom is 0.119 e. The maximum absolute atomic E-state index is 5.98. The molecule has 1 N–H and O–H groups in total. The van der Waals surface area contributed by atoms with Gasteiger partial charge in [0.1, 0.15) is 5.75 Å². The highest BCUT2D eigenvalue weighted by atomic mass is 16.6. The Morgan fingerprint density at radius 3 is 2.95 bits per heavy atom. The lowest BCUT2D eigenvalue weighted by atomic mass is 9.89. The summed E-state index contributed by atoms with van der Waals surface area (Å²) in [6.45, 7) is 4.50. The maximum atomic E-state index is 5.98. The first-order valence-electron chi connectivity index (χ1n) is 7.34. The summed E-state index contributed by atoms with van der Waals surface area (Å²) in [7, 11) is 1.70. The van der Waals surface area contributed by atoms with Gasteiger partial charge in [-0.25, -0.2) is 0 Å². The van der Waals surface area contributed by atoms with Crippen LogP contribution in [0, 0.1) is 6.92 Å². The molecule has 2 aliphatic heterocycles. The van der Waals surface area contributed by atoms with Crippen molar-refractivity contribution in [3.05, 3.63) is 23.8 Å². The van der Waals surface area contributed by atoms with Crippen molar-refractivity contribution >= 4 is 5.69 Å². The third-order valence-corrected chi connectivity index (χ3v) is 4.35. The number of hydrogen-bond acceptors (Lipinski definition) is 4. The minimum Gasteiger partial charge on any atom is -0.497 e. The molecule has 2 saturated heterocycles. The Kier molecular flexibility index (Phi) is 3.85. The fraction of sp³-hybridized carbons (Fsp3) is 0.625. The fourth-order valence-corrected chi connectivity index (χ4v) is 3.16. The van der Waals surface area contributed by atoms with Crippen molar-refractivity contribution in [3.8, 4) is 5.75 Å². The topological polar surface area (TPSA) is 39.7 Å². The first kappa shape index (κ1) is 13.7. The van der Waals surface area contributed by atoms with Crippen molar-refractivity contribution < 1.29 is 14.2 Å². The number of anilines is 1. The van der Waals surface area contributed by atoms with Crippen LogP contribution >= 0.6 is 0 Å². The van der Waals surface area contributed by atoms with E-state index in [2.05, 4.69) is 24.4 Å². The summed E-state index contributed by atoms with van der Waals surface area (Å²) in [5.41, 5.74) is 2.36. The average Bonchev–Trinajstić information content (AvgIpc) is 2.89. The Morgan fingerprint density at radius 2 is 2.25 bits per heavy atom. The van der Waals surface area contributed by atoms with Gasteiger partial charge in [-0.3, -0.25) is 0 Å². The molecule has 110 valence electrons. The van der Waals surface area contributed by atoms with E-state index < -0.39 is 0 Å². The van der Waals surface area contributed by atoms with E-state index in [1.165, 1.54) is 11.3 Å². The van der Waals surface area contributed by atoms with Crippen LogP contribution in [0.4, 0.5) is 5.69 Å². The summed E-state index contributed by atoms with van der Waals surface area (Å²) in [4.78, 5) is 0. The molecule has 0 aromatic heterocycles. The first-order chi connectivity index (χ1) is 9.71. The lowest BCUT2D eigenvalue weighted by Crippen LogP contribution is -2.45. The van der Waals surface area contributed by atoms with Crippen LogP contribution < -0.4 is 10.1 Å². The zero-order valence-corrected chi connectivity index (χ0v) is 12.3. The molecule has 2 aliphatic rings. The quantitative estimate of drug-likeness (QED) is 0.922. The van der Waals surface area contributed by atoms with Crippen LogP contribution in [0.15, 0.2) is 18.2 Å². The molecule has 2 fully saturated rings. The molecule has 4 nitrogen and oxygen atoms in total. The number of methoxy groups -OCH3 is 1. The lowest BCUT2D eigenvalue weighted by molar-refractivity contribution is -0.0828. The highest BCUT2D eigenvalue weighted by molar-refractivity contribution is 5.54. The Morgan fingerprint density at radius 1 is 1.35 bits per heavy atom. The van der Waals surface area contributed by atoms with Gasteiger partial charge >= 0.3 is 0 Å². The van der Waals surface area contributed by atoms with Gasteiger partial charge in [0.2, 0.25) is 0 Å². The van der Waals surface area contributed by atoms with Crippen molar-refractivity contribution in [2.24, 2.45) is 0 Å². The second kappa shape index (κ2) is 5.62. The van der Waals surface area contributed by atoms with Crippen molar-refractivity contribution in [1.82, 2.24) is 0 Å². The normalized spacial score (nSPS) is 29.6. The second-order valence-corrected chi connectivity index (χ2v) is 5.85. The predicted octanol–water partition coefficient (Wildman–Crippen LogP) is 2.75. The van der Waals surface area contributed by atoms with Crippen LogP contribution in [0.2, 0.25) is 0 Å². The molecule has 0 aliphatic carbocycles. The Hall–Kier alpha value is -1.26. The molecule has 3 rings (SSSR count). The number of benzene rings is 1. The molecule has 2 heterocycles. The molecule has 0 radical (unpaired) electrons. The van der Waals surface area contributed by atoms with Crippen LogP contribution in [-0.4, -0.2) is 38.6 Å². The molecule has 1 aromatic rings. The number of hydrogen-bond donors (Lipinski definition) is 1. The smallest absolute Gasteiger partial charge is 0.119 e. The zero-order chi connectivity index (χ0) is 14.0. The summed E-state index contributed by atoms with van der Waals surface area (Å²) in [5.74, 6) is 0.903. The third-order valence-electron chi connectivity index (χ3n) is 4.35. The van der Waals surface area contributed by atoms with Crippen molar-refractivity contribution in [1.29, 1.82) is 0 Å². The molecular weight excluding hydrogens is 254 g/mol. The monoisotopic (exact) mass is 277 g/mol. The van der Waals surface area contributed by atoms with Gasteiger partial charge in [-0.15, -0.1) is 0 Å². The van der Waals surface area contributed by atoms with Gasteiger partial charge in [0.15, 0.2) is 0 Å². The average molecular weight is 277 g/mol. The Balaban J connectivity index is 1.68. The van der Waals surface area contributed by atoms with Crippen LogP contribution in [0.3, 0.4) is 0 Å². The van der Waals surface area contributed by atoms with Gasteiger partial charge < -0.3 is 19.5 Å². The largest absolute Gasteiger partial charge is 0.497 e. The molecular formula is C16H23NO3. The molecule has 1 aromatic carbocycles. The van der Waals surface area contributed by atoms with E-state index in [0.29, 0.717) is 6.04 Å². The zero-order valence-electron chi connectivity index (χ0n) is 12.3. The predicted molar refractivity (Wildman–Crippen MR) is 78.5 cm³/mol. The van der Waals surface area contributed by atoms with Crippen LogP contribution in [0.5, 0.6) is 5.75 Å². The van der Waals surface area contributed by atoms with Crippen molar-refractivity contribution in [2.45, 2.75) is 37.8 Å². The lowest BCUT2D eigenvalue weighted by Gasteiger charge is -2.38. The molecule has 1 spiro atoms. The minimum absolute atomic E-state index is 0.0453. The van der Waals surface area contributed by atoms with E-state index in [9.17, 15) is 0 Å². The van der Waals surface area contributed by atoms with Gasteiger partial charge in [-0.05, 0) is 43.5 Å². The van der Waals surface area contributed by atoms with E-state index in [1.807, 2.05) is 6.07 Å². The molecule has 0 saturated carbocycles. The van der Waals surface area contributed by atoms with Crippen LogP contribution in [-0.2, 0) is 9.47 Å². The summed E-state index contributed by atoms with van der Waals surface area (Å²) >= 11 is 0.